The molecule has 0 unspecified atom stereocenters. The van der Waals surface area contributed by atoms with Crippen molar-refractivity contribution >= 4 is 0 Å². The second-order valence-corrected chi connectivity index (χ2v) is 3.81. The first-order valence-corrected chi connectivity index (χ1v) is 4.67. The molecule has 1 saturated heterocycles. The molecule has 12 heavy (non-hydrogen) atoms. The smallest absolute Gasteiger partial charge is 0.173 e. The molecule has 0 aromatic rings. The van der Waals surface area contributed by atoms with E-state index in [-0.39, 0.29) is 12.5 Å². The van der Waals surface area contributed by atoms with E-state index in [0.717, 1.165) is 12.8 Å². The Balaban J connectivity index is 2.14. The summed E-state index contributed by atoms with van der Waals surface area (Å²) in [5.41, 5.74) is 0. The molecule has 2 fully saturated rings. The van der Waals surface area contributed by atoms with Crippen molar-refractivity contribution < 1.29 is 14.6 Å². The second-order valence-electron chi connectivity index (χ2n) is 3.81. The van der Waals surface area contributed by atoms with Crippen LogP contribution < -0.4 is 0 Å². The zero-order valence-corrected chi connectivity index (χ0v) is 7.45. The van der Waals surface area contributed by atoms with Crippen LogP contribution in [0.1, 0.15) is 19.8 Å². The maximum Gasteiger partial charge on any atom is 0.173 e. The summed E-state index contributed by atoms with van der Waals surface area (Å²) in [7, 11) is 0. The van der Waals surface area contributed by atoms with E-state index in [0.29, 0.717) is 19.1 Å². The molecule has 0 aromatic carbocycles. The molecule has 3 nitrogen and oxygen atoms in total. The van der Waals surface area contributed by atoms with Crippen molar-refractivity contribution in [1.29, 1.82) is 0 Å². The van der Waals surface area contributed by atoms with Gasteiger partial charge < -0.3 is 14.6 Å². The van der Waals surface area contributed by atoms with Crippen LogP contribution in [-0.4, -0.2) is 30.7 Å². The SMILES string of the molecule is C[C@@H]1CCC2(OCCO2)[C@H]1CO. The van der Waals surface area contributed by atoms with Crippen molar-refractivity contribution in [2.75, 3.05) is 19.8 Å². The zero-order chi connectivity index (χ0) is 8.60. The number of aliphatic hydroxyl groups excluding tert-OH is 1. The number of hydrogen-bond acceptors (Lipinski definition) is 3. The Morgan fingerprint density at radius 2 is 2.08 bits per heavy atom. The van der Waals surface area contributed by atoms with Crippen molar-refractivity contribution in [2.24, 2.45) is 11.8 Å². The molecule has 1 saturated carbocycles. The highest BCUT2D eigenvalue weighted by Crippen LogP contribution is 2.45. The van der Waals surface area contributed by atoms with E-state index < -0.39 is 5.79 Å². The van der Waals surface area contributed by atoms with Crippen molar-refractivity contribution in [2.45, 2.75) is 25.6 Å². The Morgan fingerprint density at radius 1 is 1.42 bits per heavy atom. The second kappa shape index (κ2) is 2.98. The Morgan fingerprint density at radius 3 is 2.67 bits per heavy atom. The quantitative estimate of drug-likeness (QED) is 0.635. The summed E-state index contributed by atoms with van der Waals surface area (Å²) in [6.07, 6.45) is 2.05. The van der Waals surface area contributed by atoms with Crippen LogP contribution in [0.25, 0.3) is 0 Å². The van der Waals surface area contributed by atoms with Gasteiger partial charge in [-0.3, -0.25) is 0 Å². The van der Waals surface area contributed by atoms with Crippen LogP contribution in [0.3, 0.4) is 0 Å². The number of hydrogen-bond donors (Lipinski definition) is 1. The minimum Gasteiger partial charge on any atom is -0.396 e. The van der Waals surface area contributed by atoms with Crippen LogP contribution in [0, 0.1) is 11.8 Å². The Hall–Kier alpha value is -0.120. The molecule has 0 amide bonds. The van der Waals surface area contributed by atoms with Crippen molar-refractivity contribution in [3.8, 4) is 0 Å². The van der Waals surface area contributed by atoms with Gasteiger partial charge >= 0.3 is 0 Å². The minimum atomic E-state index is -0.422. The monoisotopic (exact) mass is 172 g/mol. The molecule has 0 radical (unpaired) electrons. The first-order valence-electron chi connectivity index (χ1n) is 4.67. The summed E-state index contributed by atoms with van der Waals surface area (Å²) < 4.78 is 11.2. The van der Waals surface area contributed by atoms with Gasteiger partial charge in [0.25, 0.3) is 0 Å². The third-order valence-electron chi connectivity index (χ3n) is 3.17. The largest absolute Gasteiger partial charge is 0.396 e. The average Bonchev–Trinajstić information content (AvgIpc) is 2.63. The van der Waals surface area contributed by atoms with Gasteiger partial charge in [-0.25, -0.2) is 0 Å². The summed E-state index contributed by atoms with van der Waals surface area (Å²) >= 11 is 0. The molecule has 2 aliphatic rings. The maximum absolute atomic E-state index is 9.20. The normalized spacial score (nSPS) is 39.5. The molecule has 0 bridgehead atoms. The summed E-state index contributed by atoms with van der Waals surface area (Å²) in [6.45, 7) is 3.70. The lowest BCUT2D eigenvalue weighted by Crippen LogP contribution is -2.38. The lowest BCUT2D eigenvalue weighted by Gasteiger charge is -2.29. The standard InChI is InChI=1S/C9H16O3/c1-7-2-3-9(8(7)6-10)11-4-5-12-9/h7-8,10H,2-6H2,1H3/t7-,8+/m1/s1. The Labute approximate surface area is 72.7 Å². The van der Waals surface area contributed by atoms with E-state index in [9.17, 15) is 5.11 Å². The third kappa shape index (κ3) is 1.08. The molecular weight excluding hydrogens is 156 g/mol. The fourth-order valence-corrected chi connectivity index (χ4v) is 2.40. The van der Waals surface area contributed by atoms with E-state index in [2.05, 4.69) is 6.92 Å². The van der Waals surface area contributed by atoms with Gasteiger partial charge in [0.1, 0.15) is 0 Å². The highest BCUT2D eigenvalue weighted by Gasteiger charge is 2.50. The van der Waals surface area contributed by atoms with Gasteiger partial charge in [0.2, 0.25) is 0 Å². The molecule has 0 aromatic heterocycles. The first-order chi connectivity index (χ1) is 5.78. The zero-order valence-electron chi connectivity index (χ0n) is 7.45. The summed E-state index contributed by atoms with van der Waals surface area (Å²) in [5, 5.41) is 9.20. The Bertz CT molecular complexity index is 163. The summed E-state index contributed by atoms with van der Waals surface area (Å²) in [5.74, 6) is 0.279. The van der Waals surface area contributed by atoms with E-state index in [1.54, 1.807) is 0 Å². The van der Waals surface area contributed by atoms with Crippen LogP contribution >= 0.6 is 0 Å². The van der Waals surface area contributed by atoms with Gasteiger partial charge in [-0.05, 0) is 12.3 Å². The van der Waals surface area contributed by atoms with Crippen molar-refractivity contribution in [3.05, 3.63) is 0 Å². The van der Waals surface area contributed by atoms with Crippen LogP contribution in [0.4, 0.5) is 0 Å². The van der Waals surface area contributed by atoms with Gasteiger partial charge in [0.15, 0.2) is 5.79 Å². The first kappa shape index (κ1) is 8.48. The predicted molar refractivity (Wildman–Crippen MR) is 43.6 cm³/mol. The highest BCUT2D eigenvalue weighted by molar-refractivity contribution is 4.92. The van der Waals surface area contributed by atoms with Crippen molar-refractivity contribution in [3.63, 3.8) is 0 Å². The minimum absolute atomic E-state index is 0.181. The number of rotatable bonds is 1. The van der Waals surface area contributed by atoms with Crippen LogP contribution in [0.15, 0.2) is 0 Å². The lowest BCUT2D eigenvalue weighted by atomic mass is 9.95. The van der Waals surface area contributed by atoms with Crippen LogP contribution in [0.2, 0.25) is 0 Å². The molecule has 70 valence electrons. The molecule has 1 aliphatic heterocycles. The fraction of sp³-hybridized carbons (Fsp3) is 1.00. The van der Waals surface area contributed by atoms with Gasteiger partial charge in [0, 0.05) is 12.3 Å². The molecule has 1 aliphatic carbocycles. The molecule has 2 rings (SSSR count). The van der Waals surface area contributed by atoms with Gasteiger partial charge in [-0.15, -0.1) is 0 Å². The van der Waals surface area contributed by atoms with E-state index in [1.807, 2.05) is 0 Å². The summed E-state index contributed by atoms with van der Waals surface area (Å²) in [6, 6.07) is 0. The number of ether oxygens (including phenoxy) is 2. The lowest BCUT2D eigenvalue weighted by molar-refractivity contribution is -0.192. The predicted octanol–water partition coefficient (Wildman–Crippen LogP) is 0.768. The Kier molecular flexibility index (Phi) is 2.10. The average molecular weight is 172 g/mol. The summed E-state index contributed by atoms with van der Waals surface area (Å²) in [4.78, 5) is 0. The molecular formula is C9H16O3. The topological polar surface area (TPSA) is 38.7 Å². The molecule has 1 spiro atoms. The third-order valence-corrected chi connectivity index (χ3v) is 3.17. The van der Waals surface area contributed by atoms with E-state index >= 15 is 0 Å². The van der Waals surface area contributed by atoms with Crippen molar-refractivity contribution in [1.82, 2.24) is 0 Å². The number of aliphatic hydroxyl groups is 1. The van der Waals surface area contributed by atoms with Gasteiger partial charge in [-0.2, -0.15) is 0 Å². The van der Waals surface area contributed by atoms with E-state index in [4.69, 9.17) is 9.47 Å². The van der Waals surface area contributed by atoms with Gasteiger partial charge in [0.05, 0.1) is 19.8 Å². The molecule has 3 heteroatoms. The van der Waals surface area contributed by atoms with Crippen LogP contribution in [0.5, 0.6) is 0 Å². The molecule has 1 heterocycles. The molecule has 2 atom stereocenters. The van der Waals surface area contributed by atoms with E-state index in [1.165, 1.54) is 0 Å². The van der Waals surface area contributed by atoms with Gasteiger partial charge in [-0.1, -0.05) is 6.92 Å². The van der Waals surface area contributed by atoms with Crippen LogP contribution in [-0.2, 0) is 9.47 Å². The maximum atomic E-state index is 9.20. The highest BCUT2D eigenvalue weighted by atomic mass is 16.7. The molecule has 1 N–H and O–H groups in total. The fourth-order valence-electron chi connectivity index (χ4n) is 2.40.